The van der Waals surface area contributed by atoms with Crippen molar-refractivity contribution in [2.75, 3.05) is 0 Å². The summed E-state index contributed by atoms with van der Waals surface area (Å²) in [5, 5.41) is 0. The average molecular weight is 204 g/mol. The molecule has 0 nitrogen and oxygen atoms in total. The van der Waals surface area contributed by atoms with Crippen LogP contribution in [-0.2, 0) is 0 Å². The van der Waals surface area contributed by atoms with Gasteiger partial charge in [0.15, 0.2) is 0 Å². The molecule has 1 fully saturated rings. The van der Waals surface area contributed by atoms with Crippen LogP contribution in [0.1, 0.15) is 59.8 Å². The second kappa shape index (κ2) is 4.15. The van der Waals surface area contributed by atoms with Crippen LogP contribution in [0.2, 0.25) is 0 Å². The summed E-state index contributed by atoms with van der Waals surface area (Å²) in [5.41, 5.74) is 6.79. The summed E-state index contributed by atoms with van der Waals surface area (Å²) in [6.07, 6.45) is 6.83. The first-order valence-corrected chi connectivity index (χ1v) is 6.43. The van der Waals surface area contributed by atoms with Crippen molar-refractivity contribution in [1.29, 1.82) is 0 Å². The van der Waals surface area contributed by atoms with Crippen molar-refractivity contribution in [3.63, 3.8) is 0 Å². The third-order valence-corrected chi connectivity index (χ3v) is 4.53. The Morgan fingerprint density at radius 3 is 2.53 bits per heavy atom. The van der Waals surface area contributed by atoms with E-state index in [1.807, 2.05) is 0 Å². The van der Waals surface area contributed by atoms with Crippen molar-refractivity contribution in [2.24, 2.45) is 11.8 Å². The number of hydrogen-bond acceptors (Lipinski definition) is 0. The van der Waals surface area contributed by atoms with Crippen molar-refractivity contribution in [3.8, 4) is 0 Å². The molecule has 0 aromatic rings. The fraction of sp³-hybridized carbons (Fsp3) is 0.733. The van der Waals surface area contributed by atoms with Crippen molar-refractivity contribution in [2.45, 2.75) is 59.8 Å². The Bertz CT molecular complexity index is 313. The van der Waals surface area contributed by atoms with E-state index >= 15 is 0 Å². The zero-order valence-electron chi connectivity index (χ0n) is 10.7. The smallest absolute Gasteiger partial charge is 0.0101 e. The molecular formula is C15H24. The zero-order valence-corrected chi connectivity index (χ0v) is 10.7. The molecule has 0 bridgehead atoms. The first kappa shape index (κ1) is 11.0. The molecule has 2 aliphatic carbocycles. The number of fused-ring (bicyclic) bond motifs is 1. The molecule has 0 amide bonds. The molecule has 0 heterocycles. The lowest BCUT2D eigenvalue weighted by molar-refractivity contribution is 0.392. The number of hydrogen-bond donors (Lipinski definition) is 0. The highest BCUT2D eigenvalue weighted by Gasteiger charge is 2.30. The maximum atomic E-state index is 2.46. The lowest BCUT2D eigenvalue weighted by Crippen LogP contribution is -2.08. The van der Waals surface area contributed by atoms with Crippen LogP contribution in [0.3, 0.4) is 0 Å². The monoisotopic (exact) mass is 204 g/mol. The molecule has 0 heteroatoms. The molecule has 0 aromatic carbocycles. The van der Waals surface area contributed by atoms with E-state index in [9.17, 15) is 0 Å². The van der Waals surface area contributed by atoms with Gasteiger partial charge in [-0.15, -0.1) is 0 Å². The van der Waals surface area contributed by atoms with Crippen LogP contribution in [0.25, 0.3) is 0 Å². The van der Waals surface area contributed by atoms with E-state index in [1.54, 1.807) is 22.3 Å². The van der Waals surface area contributed by atoms with E-state index in [-0.39, 0.29) is 0 Å². The summed E-state index contributed by atoms with van der Waals surface area (Å²) in [6.45, 7) is 9.38. The Morgan fingerprint density at radius 1 is 1.13 bits per heavy atom. The third kappa shape index (κ3) is 2.04. The van der Waals surface area contributed by atoms with Crippen LogP contribution in [0.4, 0.5) is 0 Å². The van der Waals surface area contributed by atoms with Gasteiger partial charge in [0, 0.05) is 0 Å². The molecule has 2 aliphatic rings. The lowest BCUT2D eigenvalue weighted by atomic mass is 9.87. The Hall–Kier alpha value is -0.520. The molecule has 0 aromatic heterocycles. The highest BCUT2D eigenvalue weighted by Crippen LogP contribution is 2.45. The van der Waals surface area contributed by atoms with E-state index in [4.69, 9.17) is 0 Å². The Morgan fingerprint density at radius 2 is 1.87 bits per heavy atom. The largest absolute Gasteiger partial charge is 0.0769 e. The van der Waals surface area contributed by atoms with Gasteiger partial charge in [-0.25, -0.2) is 0 Å². The molecule has 0 radical (unpaired) electrons. The molecule has 2 atom stereocenters. The molecular weight excluding hydrogens is 180 g/mol. The second-order valence-electron chi connectivity index (χ2n) is 5.75. The van der Waals surface area contributed by atoms with E-state index in [0.29, 0.717) is 0 Å². The minimum atomic E-state index is 0.911. The predicted molar refractivity (Wildman–Crippen MR) is 66.8 cm³/mol. The van der Waals surface area contributed by atoms with Crippen LogP contribution in [0, 0.1) is 11.8 Å². The topological polar surface area (TPSA) is 0 Å². The predicted octanol–water partition coefficient (Wildman–Crippen LogP) is 4.87. The molecule has 0 saturated heterocycles. The molecule has 0 aliphatic heterocycles. The van der Waals surface area contributed by atoms with Gasteiger partial charge in [-0.1, -0.05) is 29.2 Å². The summed E-state index contributed by atoms with van der Waals surface area (Å²) >= 11 is 0. The molecule has 2 rings (SSSR count). The van der Waals surface area contributed by atoms with E-state index in [0.717, 1.165) is 11.8 Å². The maximum Gasteiger partial charge on any atom is -0.0101 e. The molecule has 15 heavy (non-hydrogen) atoms. The average Bonchev–Trinajstić information content (AvgIpc) is 2.43. The SMILES string of the molecule is CC(C)=C1CC[C@@H](C)[C@H]2CCC(C)=C2C1. The Labute approximate surface area is 94.5 Å². The van der Waals surface area contributed by atoms with E-state index < -0.39 is 0 Å². The number of rotatable bonds is 0. The minimum Gasteiger partial charge on any atom is -0.0769 e. The van der Waals surface area contributed by atoms with Crippen molar-refractivity contribution >= 4 is 0 Å². The van der Waals surface area contributed by atoms with Crippen molar-refractivity contribution < 1.29 is 0 Å². The van der Waals surface area contributed by atoms with Crippen LogP contribution in [-0.4, -0.2) is 0 Å². The van der Waals surface area contributed by atoms with Crippen molar-refractivity contribution in [3.05, 3.63) is 22.3 Å². The summed E-state index contributed by atoms with van der Waals surface area (Å²) in [6, 6.07) is 0. The van der Waals surface area contributed by atoms with Gasteiger partial charge >= 0.3 is 0 Å². The molecule has 0 N–H and O–H groups in total. The fourth-order valence-corrected chi connectivity index (χ4v) is 3.28. The summed E-state index contributed by atoms with van der Waals surface area (Å²) in [4.78, 5) is 0. The van der Waals surface area contributed by atoms with Crippen LogP contribution in [0.5, 0.6) is 0 Å². The van der Waals surface area contributed by atoms with Gasteiger partial charge in [-0.3, -0.25) is 0 Å². The number of allylic oxidation sites excluding steroid dienone is 4. The highest BCUT2D eigenvalue weighted by molar-refractivity contribution is 5.30. The third-order valence-electron chi connectivity index (χ3n) is 4.53. The van der Waals surface area contributed by atoms with Crippen LogP contribution < -0.4 is 0 Å². The van der Waals surface area contributed by atoms with Gasteiger partial charge in [0.05, 0.1) is 0 Å². The van der Waals surface area contributed by atoms with Crippen LogP contribution in [0.15, 0.2) is 22.3 Å². The Balaban J connectivity index is 2.31. The summed E-state index contributed by atoms with van der Waals surface area (Å²) in [5.74, 6) is 1.83. The fourth-order valence-electron chi connectivity index (χ4n) is 3.28. The quantitative estimate of drug-likeness (QED) is 0.494. The molecule has 1 saturated carbocycles. The van der Waals surface area contributed by atoms with Gasteiger partial charge in [-0.05, 0) is 64.7 Å². The van der Waals surface area contributed by atoms with Gasteiger partial charge in [0.25, 0.3) is 0 Å². The summed E-state index contributed by atoms with van der Waals surface area (Å²) in [7, 11) is 0. The maximum absolute atomic E-state index is 2.46. The van der Waals surface area contributed by atoms with Gasteiger partial charge in [0.1, 0.15) is 0 Å². The molecule has 84 valence electrons. The summed E-state index contributed by atoms with van der Waals surface area (Å²) < 4.78 is 0. The second-order valence-corrected chi connectivity index (χ2v) is 5.75. The minimum absolute atomic E-state index is 0.911. The normalized spacial score (nSPS) is 31.6. The first-order chi connectivity index (χ1) is 7.09. The van der Waals surface area contributed by atoms with Gasteiger partial charge < -0.3 is 0 Å². The highest BCUT2D eigenvalue weighted by atomic mass is 14.4. The molecule has 0 unspecified atom stereocenters. The van der Waals surface area contributed by atoms with Crippen LogP contribution >= 0.6 is 0 Å². The van der Waals surface area contributed by atoms with E-state index in [2.05, 4.69) is 27.7 Å². The standard InChI is InChI=1S/C15H24/c1-10(2)13-7-5-11(3)14-8-6-12(4)15(14)9-13/h11,14H,5-9H2,1-4H3/t11-,14-/m1/s1. The first-order valence-electron chi connectivity index (χ1n) is 6.43. The zero-order chi connectivity index (χ0) is 11.0. The van der Waals surface area contributed by atoms with Crippen molar-refractivity contribution in [1.82, 2.24) is 0 Å². The lowest BCUT2D eigenvalue weighted by Gasteiger charge is -2.18. The Kier molecular flexibility index (Phi) is 3.04. The van der Waals surface area contributed by atoms with E-state index in [1.165, 1.54) is 32.1 Å². The van der Waals surface area contributed by atoms with Gasteiger partial charge in [0.2, 0.25) is 0 Å². The van der Waals surface area contributed by atoms with Gasteiger partial charge in [-0.2, -0.15) is 0 Å². The molecule has 0 spiro atoms.